The van der Waals surface area contributed by atoms with E-state index in [-0.39, 0.29) is 41.1 Å². The highest BCUT2D eigenvalue weighted by atomic mass is 32.2. The van der Waals surface area contributed by atoms with Gasteiger partial charge in [0.25, 0.3) is 11.8 Å². The van der Waals surface area contributed by atoms with Crippen molar-refractivity contribution in [3.05, 3.63) is 81.3 Å². The molecule has 4 N–H and O–H groups in total. The van der Waals surface area contributed by atoms with Crippen LogP contribution in [0.2, 0.25) is 0 Å². The summed E-state index contributed by atoms with van der Waals surface area (Å²) in [5, 5.41) is 20.2. The fourth-order valence-corrected chi connectivity index (χ4v) is 6.27. The molecule has 4 rings (SSSR count). The lowest BCUT2D eigenvalue weighted by atomic mass is 9.95. The third kappa shape index (κ3) is 8.35. The Labute approximate surface area is 245 Å². The fourth-order valence-electron chi connectivity index (χ4n) is 4.82. The fraction of sp³-hybridized carbons (Fsp3) is 0.414. The van der Waals surface area contributed by atoms with Crippen LogP contribution in [0.3, 0.4) is 0 Å². The predicted octanol–water partition coefficient (Wildman–Crippen LogP) is 2.94. The third-order valence-electron chi connectivity index (χ3n) is 7.02. The molecule has 0 radical (unpaired) electrons. The van der Waals surface area contributed by atoms with Gasteiger partial charge < -0.3 is 20.6 Å². The Morgan fingerprint density at radius 3 is 2.56 bits per heavy atom. The van der Waals surface area contributed by atoms with Crippen LogP contribution in [0, 0.1) is 6.92 Å². The monoisotopic (exact) mass is 599 g/mol. The first-order chi connectivity index (χ1) is 19.5. The summed E-state index contributed by atoms with van der Waals surface area (Å²) in [5.74, 6) is -1.08. The number of carbonyl (C=O) groups excluding carboxylic acids is 2. The van der Waals surface area contributed by atoms with Gasteiger partial charge in [0.05, 0.1) is 30.1 Å². The van der Waals surface area contributed by atoms with Crippen LogP contribution in [0.1, 0.15) is 56.7 Å². The number of aliphatic hydroxyl groups excluding tert-OH is 1. The number of benzene rings is 2. The summed E-state index contributed by atoms with van der Waals surface area (Å²) in [6.45, 7) is 4.44. The highest BCUT2D eigenvalue weighted by molar-refractivity contribution is 7.92. The number of sulfonamides is 1. The molecule has 12 heteroatoms. The number of aromatic nitrogens is 1. The van der Waals surface area contributed by atoms with Crippen LogP contribution in [0.15, 0.2) is 53.9 Å². The normalized spacial score (nSPS) is 16.6. The Balaban J connectivity index is 1.62. The van der Waals surface area contributed by atoms with Crippen molar-refractivity contribution in [2.75, 3.05) is 24.1 Å². The Morgan fingerprint density at radius 1 is 1.20 bits per heavy atom. The standard InChI is InChI=1S/C29H37N5O5S2/c1-4-41(38,39)33-23-15-21(14-22(16-23)29(37)34(3)17-26-31-19(2)18-40-26)28(36)32-25(13-20-9-6-5-7-10-20)27(35)24-11-8-12-30-24/h5-7,9-10,14-16,18,24-25,27,30,33,35H,4,8,11-13,17H2,1-3H3,(H,32,36)/t24-,25+,27-/m1/s1. The van der Waals surface area contributed by atoms with E-state index in [0.29, 0.717) is 6.42 Å². The van der Waals surface area contributed by atoms with Gasteiger partial charge in [0.2, 0.25) is 10.0 Å². The molecule has 3 aromatic rings. The lowest BCUT2D eigenvalue weighted by molar-refractivity contribution is 0.0737. The molecule has 1 aliphatic rings. The van der Waals surface area contributed by atoms with E-state index in [0.717, 1.165) is 35.7 Å². The van der Waals surface area contributed by atoms with Gasteiger partial charge in [0, 0.05) is 35.3 Å². The SMILES string of the molecule is CCS(=O)(=O)Nc1cc(C(=O)N[C@@H](Cc2ccccc2)[C@H](O)[C@H]2CCCN2)cc(C(=O)N(C)Cc2nc(C)cs2)c1. The quantitative estimate of drug-likeness (QED) is 0.251. The second-order valence-electron chi connectivity index (χ2n) is 10.3. The van der Waals surface area contributed by atoms with Crippen LogP contribution in [0.25, 0.3) is 0 Å². The van der Waals surface area contributed by atoms with Crippen molar-refractivity contribution < 1.29 is 23.1 Å². The summed E-state index contributed by atoms with van der Waals surface area (Å²) in [7, 11) is -2.05. The second-order valence-corrected chi connectivity index (χ2v) is 13.3. The van der Waals surface area contributed by atoms with Gasteiger partial charge in [0.15, 0.2) is 0 Å². The Bertz CT molecular complexity index is 1460. The topological polar surface area (TPSA) is 141 Å². The average molecular weight is 600 g/mol. The number of aryl methyl sites for hydroxylation is 1. The summed E-state index contributed by atoms with van der Waals surface area (Å²) in [6.07, 6.45) is 1.28. The summed E-state index contributed by atoms with van der Waals surface area (Å²) >= 11 is 1.44. The van der Waals surface area contributed by atoms with Gasteiger partial charge in [-0.3, -0.25) is 14.3 Å². The van der Waals surface area contributed by atoms with E-state index in [1.807, 2.05) is 42.6 Å². The second kappa shape index (κ2) is 13.6. The maximum absolute atomic E-state index is 13.6. The number of carbonyl (C=O) groups is 2. The van der Waals surface area contributed by atoms with Crippen molar-refractivity contribution in [3.8, 4) is 0 Å². The first-order valence-electron chi connectivity index (χ1n) is 13.6. The first kappa shape index (κ1) is 30.6. The van der Waals surface area contributed by atoms with Crippen molar-refractivity contribution in [1.29, 1.82) is 0 Å². The number of hydrogen-bond acceptors (Lipinski definition) is 8. The van der Waals surface area contributed by atoms with Gasteiger partial charge in [-0.25, -0.2) is 13.4 Å². The van der Waals surface area contributed by atoms with E-state index in [9.17, 15) is 23.1 Å². The Kier molecular flexibility index (Phi) is 10.1. The lowest BCUT2D eigenvalue weighted by Gasteiger charge is -2.29. The van der Waals surface area contributed by atoms with E-state index in [2.05, 4.69) is 20.3 Å². The predicted molar refractivity (Wildman–Crippen MR) is 161 cm³/mol. The van der Waals surface area contributed by atoms with Crippen molar-refractivity contribution >= 4 is 38.9 Å². The number of thiazole rings is 1. The molecule has 2 heterocycles. The lowest BCUT2D eigenvalue weighted by Crippen LogP contribution is -2.52. The van der Waals surface area contributed by atoms with Gasteiger partial charge >= 0.3 is 0 Å². The minimum Gasteiger partial charge on any atom is -0.389 e. The minimum atomic E-state index is -3.67. The van der Waals surface area contributed by atoms with E-state index in [4.69, 9.17) is 0 Å². The van der Waals surface area contributed by atoms with E-state index >= 15 is 0 Å². The molecule has 1 fully saturated rings. The first-order valence-corrected chi connectivity index (χ1v) is 16.2. The number of nitrogens with one attached hydrogen (secondary N) is 3. The van der Waals surface area contributed by atoms with Crippen LogP contribution in [0.5, 0.6) is 0 Å². The van der Waals surface area contributed by atoms with Crippen LogP contribution < -0.4 is 15.4 Å². The van der Waals surface area contributed by atoms with E-state index in [1.165, 1.54) is 41.4 Å². The number of aliphatic hydroxyl groups is 1. The smallest absolute Gasteiger partial charge is 0.254 e. The van der Waals surface area contributed by atoms with Gasteiger partial charge in [-0.1, -0.05) is 30.3 Å². The maximum atomic E-state index is 13.6. The number of hydrogen-bond donors (Lipinski definition) is 4. The summed E-state index contributed by atoms with van der Waals surface area (Å²) in [5.41, 5.74) is 2.18. The van der Waals surface area contributed by atoms with Crippen molar-refractivity contribution in [1.82, 2.24) is 20.5 Å². The zero-order valence-electron chi connectivity index (χ0n) is 23.5. The molecular weight excluding hydrogens is 562 g/mol. The summed E-state index contributed by atoms with van der Waals surface area (Å²) in [4.78, 5) is 32.9. The van der Waals surface area contributed by atoms with Crippen LogP contribution in [0.4, 0.5) is 5.69 Å². The molecule has 10 nitrogen and oxygen atoms in total. The van der Waals surface area contributed by atoms with E-state index in [1.54, 1.807) is 7.05 Å². The zero-order chi connectivity index (χ0) is 29.6. The van der Waals surface area contributed by atoms with Crippen LogP contribution in [-0.2, 0) is 23.0 Å². The molecule has 1 saturated heterocycles. The average Bonchev–Trinajstić information content (AvgIpc) is 3.64. The van der Waals surface area contributed by atoms with Gasteiger partial charge in [0.1, 0.15) is 5.01 Å². The molecule has 2 aromatic carbocycles. The molecule has 0 saturated carbocycles. The highest BCUT2D eigenvalue weighted by Gasteiger charge is 2.31. The molecule has 0 unspecified atom stereocenters. The molecule has 41 heavy (non-hydrogen) atoms. The van der Waals surface area contributed by atoms with Gasteiger partial charge in [-0.05, 0) is 63.4 Å². The van der Waals surface area contributed by atoms with Gasteiger partial charge in [-0.15, -0.1) is 11.3 Å². The molecule has 0 bridgehead atoms. The zero-order valence-corrected chi connectivity index (χ0v) is 25.1. The highest BCUT2D eigenvalue weighted by Crippen LogP contribution is 2.21. The third-order valence-corrected chi connectivity index (χ3v) is 9.28. The molecule has 0 aliphatic carbocycles. The molecule has 220 valence electrons. The molecular formula is C29H37N5O5S2. The molecule has 1 aliphatic heterocycles. The summed E-state index contributed by atoms with van der Waals surface area (Å²) < 4.78 is 27.2. The van der Waals surface area contributed by atoms with Crippen molar-refractivity contribution in [2.24, 2.45) is 0 Å². The Morgan fingerprint density at radius 2 is 1.93 bits per heavy atom. The van der Waals surface area contributed by atoms with Gasteiger partial charge in [-0.2, -0.15) is 0 Å². The number of anilines is 1. The summed E-state index contributed by atoms with van der Waals surface area (Å²) in [6, 6.07) is 13.1. The molecule has 3 atom stereocenters. The number of rotatable bonds is 12. The minimum absolute atomic E-state index is 0.104. The largest absolute Gasteiger partial charge is 0.389 e. The molecule has 1 aromatic heterocycles. The van der Waals surface area contributed by atoms with Crippen LogP contribution >= 0.6 is 11.3 Å². The van der Waals surface area contributed by atoms with Crippen molar-refractivity contribution in [2.45, 2.75) is 57.8 Å². The number of nitrogens with zero attached hydrogens (tertiary/aromatic N) is 2. The molecule has 0 spiro atoms. The Hall–Kier alpha value is -3.32. The van der Waals surface area contributed by atoms with E-state index < -0.39 is 28.1 Å². The van der Waals surface area contributed by atoms with Crippen molar-refractivity contribution in [3.63, 3.8) is 0 Å². The number of amides is 2. The maximum Gasteiger partial charge on any atom is 0.254 e. The molecule has 2 amide bonds. The van der Waals surface area contributed by atoms with Crippen LogP contribution in [-0.4, -0.2) is 72.8 Å².